The molecule has 2 fully saturated rings. The van der Waals surface area contributed by atoms with E-state index in [2.05, 4.69) is 10.6 Å². The standard InChI is InChI=1S/C18H25N3O3.ClH/c1-21-16(22)8-7-15(18(23)20-13-9-10-19-11-13)17(21)12-3-5-14(24-2)6-4-12;/h3-6,13,15,17,19H,7-11H2,1-2H3,(H,20,23);1H. The highest BCUT2D eigenvalue weighted by atomic mass is 35.5. The fraction of sp³-hybridized carbons (Fsp3) is 0.556. The molecule has 0 spiro atoms. The molecule has 0 radical (unpaired) electrons. The summed E-state index contributed by atoms with van der Waals surface area (Å²) in [7, 11) is 3.41. The lowest BCUT2D eigenvalue weighted by molar-refractivity contribution is -0.141. The molecule has 2 N–H and O–H groups in total. The number of hydrogen-bond acceptors (Lipinski definition) is 4. The minimum atomic E-state index is -0.230. The van der Waals surface area contributed by atoms with Crippen molar-refractivity contribution in [3.05, 3.63) is 29.8 Å². The molecule has 0 aliphatic carbocycles. The van der Waals surface area contributed by atoms with Crippen LogP contribution in [0.4, 0.5) is 0 Å². The fourth-order valence-corrected chi connectivity index (χ4v) is 3.66. The zero-order chi connectivity index (χ0) is 17.1. The molecule has 138 valence electrons. The molecule has 2 aliphatic rings. The van der Waals surface area contributed by atoms with Crippen molar-refractivity contribution in [2.45, 2.75) is 31.3 Å². The van der Waals surface area contributed by atoms with Crippen molar-refractivity contribution in [1.29, 1.82) is 0 Å². The Kier molecular flexibility index (Phi) is 6.67. The molecule has 3 rings (SSSR count). The molecule has 7 heteroatoms. The van der Waals surface area contributed by atoms with Crippen molar-refractivity contribution in [3.8, 4) is 5.75 Å². The molecule has 6 nitrogen and oxygen atoms in total. The van der Waals surface area contributed by atoms with Gasteiger partial charge in [0.2, 0.25) is 11.8 Å². The summed E-state index contributed by atoms with van der Waals surface area (Å²) in [6, 6.07) is 7.59. The summed E-state index contributed by atoms with van der Waals surface area (Å²) in [5, 5.41) is 6.40. The summed E-state index contributed by atoms with van der Waals surface area (Å²) in [6.45, 7) is 1.76. The number of benzene rings is 1. The number of likely N-dealkylation sites (tertiary alicyclic amines) is 1. The van der Waals surface area contributed by atoms with Gasteiger partial charge in [-0.25, -0.2) is 0 Å². The van der Waals surface area contributed by atoms with E-state index in [9.17, 15) is 9.59 Å². The first-order valence-corrected chi connectivity index (χ1v) is 8.51. The van der Waals surface area contributed by atoms with Crippen LogP contribution in [0.25, 0.3) is 0 Å². The number of carbonyl (C=O) groups is 2. The van der Waals surface area contributed by atoms with Gasteiger partial charge in [-0.1, -0.05) is 12.1 Å². The Morgan fingerprint density at radius 2 is 2.00 bits per heavy atom. The van der Waals surface area contributed by atoms with Gasteiger partial charge >= 0.3 is 0 Å². The smallest absolute Gasteiger partial charge is 0.225 e. The summed E-state index contributed by atoms with van der Waals surface area (Å²) in [5.41, 5.74) is 0.969. The lowest BCUT2D eigenvalue weighted by atomic mass is 9.83. The van der Waals surface area contributed by atoms with Crippen LogP contribution in [0.2, 0.25) is 0 Å². The van der Waals surface area contributed by atoms with Crippen molar-refractivity contribution in [1.82, 2.24) is 15.5 Å². The number of rotatable bonds is 4. The second kappa shape index (κ2) is 8.54. The number of piperidine rings is 1. The Balaban J connectivity index is 0.00000225. The van der Waals surface area contributed by atoms with E-state index >= 15 is 0 Å². The number of carbonyl (C=O) groups excluding carboxylic acids is 2. The number of hydrogen-bond donors (Lipinski definition) is 2. The average Bonchev–Trinajstić information content (AvgIpc) is 3.10. The van der Waals surface area contributed by atoms with Gasteiger partial charge in [-0.05, 0) is 37.1 Å². The predicted octanol–water partition coefficient (Wildman–Crippen LogP) is 1.50. The molecule has 0 saturated carbocycles. The van der Waals surface area contributed by atoms with E-state index in [1.54, 1.807) is 19.1 Å². The first-order chi connectivity index (χ1) is 11.6. The van der Waals surface area contributed by atoms with E-state index in [0.717, 1.165) is 30.8 Å². The van der Waals surface area contributed by atoms with Crippen LogP contribution < -0.4 is 15.4 Å². The van der Waals surface area contributed by atoms with E-state index in [0.29, 0.717) is 12.8 Å². The monoisotopic (exact) mass is 367 g/mol. The van der Waals surface area contributed by atoms with Gasteiger partial charge in [0.1, 0.15) is 5.75 Å². The van der Waals surface area contributed by atoms with Gasteiger partial charge in [0, 0.05) is 26.1 Å². The van der Waals surface area contributed by atoms with E-state index in [4.69, 9.17) is 4.74 Å². The number of methoxy groups -OCH3 is 1. The maximum Gasteiger partial charge on any atom is 0.225 e. The Hall–Kier alpha value is -1.79. The highest BCUT2D eigenvalue weighted by molar-refractivity contribution is 5.85. The third kappa shape index (κ3) is 4.25. The molecule has 2 saturated heterocycles. The Morgan fingerprint density at radius 1 is 1.28 bits per heavy atom. The molecule has 3 atom stereocenters. The van der Waals surface area contributed by atoms with E-state index in [-0.39, 0.29) is 42.2 Å². The molecular formula is C18H26ClN3O3. The second-order valence-corrected chi connectivity index (χ2v) is 6.57. The molecule has 0 aromatic heterocycles. The Morgan fingerprint density at radius 3 is 2.60 bits per heavy atom. The summed E-state index contributed by atoms with van der Waals surface area (Å²) >= 11 is 0. The van der Waals surface area contributed by atoms with Crippen LogP contribution in [0.15, 0.2) is 24.3 Å². The van der Waals surface area contributed by atoms with Gasteiger partial charge in [-0.3, -0.25) is 9.59 Å². The van der Waals surface area contributed by atoms with Gasteiger partial charge < -0.3 is 20.3 Å². The van der Waals surface area contributed by atoms with Gasteiger partial charge in [0.05, 0.1) is 19.1 Å². The number of ether oxygens (including phenoxy) is 1. The minimum Gasteiger partial charge on any atom is -0.497 e. The Labute approximate surface area is 154 Å². The molecule has 3 unspecified atom stereocenters. The second-order valence-electron chi connectivity index (χ2n) is 6.57. The molecule has 1 aromatic rings. The fourth-order valence-electron chi connectivity index (χ4n) is 3.66. The minimum absolute atomic E-state index is 0. The number of amides is 2. The first kappa shape index (κ1) is 19.5. The van der Waals surface area contributed by atoms with Gasteiger partial charge in [0.15, 0.2) is 0 Å². The van der Waals surface area contributed by atoms with E-state index < -0.39 is 0 Å². The highest BCUT2D eigenvalue weighted by Crippen LogP contribution is 2.36. The van der Waals surface area contributed by atoms with Crippen molar-refractivity contribution in [2.24, 2.45) is 5.92 Å². The molecule has 25 heavy (non-hydrogen) atoms. The normalized spacial score (nSPS) is 26.1. The number of nitrogens with one attached hydrogen (secondary N) is 2. The molecule has 2 heterocycles. The van der Waals surface area contributed by atoms with Crippen molar-refractivity contribution in [3.63, 3.8) is 0 Å². The molecule has 0 bridgehead atoms. The molecule has 1 aromatic carbocycles. The van der Waals surface area contributed by atoms with Crippen molar-refractivity contribution in [2.75, 3.05) is 27.2 Å². The predicted molar refractivity (Wildman–Crippen MR) is 97.9 cm³/mol. The lowest BCUT2D eigenvalue weighted by Gasteiger charge is -2.39. The van der Waals surface area contributed by atoms with Crippen LogP contribution in [-0.2, 0) is 9.59 Å². The van der Waals surface area contributed by atoms with Crippen LogP contribution in [-0.4, -0.2) is 50.0 Å². The zero-order valence-corrected chi connectivity index (χ0v) is 15.5. The van der Waals surface area contributed by atoms with Crippen LogP contribution in [0.1, 0.15) is 30.9 Å². The van der Waals surface area contributed by atoms with Crippen molar-refractivity contribution < 1.29 is 14.3 Å². The third-order valence-corrected chi connectivity index (χ3v) is 5.06. The summed E-state index contributed by atoms with van der Waals surface area (Å²) < 4.78 is 5.20. The summed E-state index contributed by atoms with van der Waals surface area (Å²) in [5.74, 6) is 0.675. The first-order valence-electron chi connectivity index (χ1n) is 8.51. The van der Waals surface area contributed by atoms with Gasteiger partial charge in [0.25, 0.3) is 0 Å². The van der Waals surface area contributed by atoms with Gasteiger partial charge in [-0.15, -0.1) is 12.4 Å². The van der Waals surface area contributed by atoms with Crippen LogP contribution in [0.5, 0.6) is 5.75 Å². The lowest BCUT2D eigenvalue weighted by Crippen LogP contribution is -2.48. The Bertz CT molecular complexity index is 602. The molecular weight excluding hydrogens is 342 g/mol. The SMILES string of the molecule is COc1ccc(C2C(C(=O)NC3CCNC3)CCC(=O)N2C)cc1.Cl. The summed E-state index contributed by atoms with van der Waals surface area (Å²) in [4.78, 5) is 26.7. The number of halogens is 1. The maximum absolute atomic E-state index is 12.8. The highest BCUT2D eigenvalue weighted by Gasteiger charge is 2.39. The third-order valence-electron chi connectivity index (χ3n) is 5.06. The summed E-state index contributed by atoms with van der Waals surface area (Å²) in [6.07, 6.45) is 1.97. The largest absolute Gasteiger partial charge is 0.497 e. The quantitative estimate of drug-likeness (QED) is 0.846. The molecule has 2 amide bonds. The number of nitrogens with zero attached hydrogens (tertiary/aromatic N) is 1. The van der Waals surface area contributed by atoms with Gasteiger partial charge in [-0.2, -0.15) is 0 Å². The van der Waals surface area contributed by atoms with Crippen molar-refractivity contribution >= 4 is 24.2 Å². The maximum atomic E-state index is 12.8. The van der Waals surface area contributed by atoms with Crippen LogP contribution >= 0.6 is 12.4 Å². The van der Waals surface area contributed by atoms with Crippen LogP contribution in [0, 0.1) is 5.92 Å². The van der Waals surface area contributed by atoms with Crippen LogP contribution in [0.3, 0.4) is 0 Å². The average molecular weight is 368 g/mol. The van der Waals surface area contributed by atoms with E-state index in [1.165, 1.54) is 0 Å². The van der Waals surface area contributed by atoms with E-state index in [1.807, 2.05) is 24.3 Å². The molecule has 2 aliphatic heterocycles. The zero-order valence-electron chi connectivity index (χ0n) is 14.7. The topological polar surface area (TPSA) is 70.7 Å².